The minimum atomic E-state index is -0.201. The number of imide groups is 1. The van der Waals surface area contributed by atoms with Crippen molar-refractivity contribution in [2.24, 2.45) is 11.8 Å². The Morgan fingerprint density at radius 3 is 1.77 bits per heavy atom. The smallest absolute Gasteiger partial charge is 0.276 e. The van der Waals surface area contributed by atoms with E-state index >= 15 is 0 Å². The zero-order valence-electron chi connectivity index (χ0n) is 11.5. The molecule has 8 rings (SSSR count). The summed E-state index contributed by atoms with van der Waals surface area (Å²) >= 11 is 0. The Morgan fingerprint density at radius 2 is 1.27 bits per heavy atom. The molecular weight excluding hydrogens is 284 g/mol. The summed E-state index contributed by atoms with van der Waals surface area (Å²) in [6.45, 7) is 0. The summed E-state index contributed by atoms with van der Waals surface area (Å²) in [6, 6.07) is 7.33. The maximum atomic E-state index is 12.8. The molecule has 2 amide bonds. The Kier molecular flexibility index (Phi) is 1.48. The third-order valence-electron chi connectivity index (χ3n) is 6.55. The molecule has 6 heteroatoms. The predicted molar refractivity (Wildman–Crippen MR) is 70.7 cm³/mol. The van der Waals surface area contributed by atoms with E-state index in [0.29, 0.717) is 23.0 Å². The number of fused-ring (bicyclic) bond motifs is 1. The van der Waals surface area contributed by atoms with E-state index in [2.05, 4.69) is 0 Å². The first-order valence-corrected chi connectivity index (χ1v) is 7.84. The topological polar surface area (TPSA) is 59.1 Å². The Hall–Kier alpha value is -1.76. The maximum Gasteiger partial charge on any atom is 0.276 e. The van der Waals surface area contributed by atoms with Crippen LogP contribution in [0.25, 0.3) is 0 Å². The van der Waals surface area contributed by atoms with Gasteiger partial charge in [0.15, 0.2) is 0 Å². The average molecular weight is 296 g/mol. The first-order chi connectivity index (χ1) is 10.8. The van der Waals surface area contributed by atoms with Crippen LogP contribution in [-0.4, -0.2) is 58.3 Å². The maximum absolute atomic E-state index is 12.8. The van der Waals surface area contributed by atoms with E-state index < -0.39 is 0 Å². The second-order valence-electron chi connectivity index (χ2n) is 7.11. The molecule has 6 nitrogen and oxygen atoms in total. The van der Waals surface area contributed by atoms with Gasteiger partial charge in [0, 0.05) is 11.8 Å². The van der Waals surface area contributed by atoms with Crippen molar-refractivity contribution in [3.05, 3.63) is 35.4 Å². The zero-order valence-corrected chi connectivity index (χ0v) is 11.5. The summed E-state index contributed by atoms with van der Waals surface area (Å²) in [5.41, 5.74) is 1.01. The first kappa shape index (κ1) is 10.9. The molecule has 6 fully saturated rings. The van der Waals surface area contributed by atoms with E-state index in [1.165, 1.54) is 5.01 Å². The van der Waals surface area contributed by atoms with Crippen LogP contribution >= 0.6 is 0 Å². The molecular formula is C16H12N2O4. The van der Waals surface area contributed by atoms with Crippen molar-refractivity contribution < 1.29 is 19.1 Å². The van der Waals surface area contributed by atoms with Crippen LogP contribution < -0.4 is 0 Å². The minimum Gasteiger partial charge on any atom is -0.370 e. The van der Waals surface area contributed by atoms with Gasteiger partial charge in [-0.1, -0.05) is 12.1 Å². The molecule has 7 aliphatic heterocycles. The number of benzene rings is 1. The van der Waals surface area contributed by atoms with Crippen molar-refractivity contribution in [3.8, 4) is 0 Å². The predicted octanol–water partition coefficient (Wildman–Crippen LogP) is 0.0448. The number of nitrogens with zero attached hydrogens (tertiary/aromatic N) is 2. The largest absolute Gasteiger partial charge is 0.370 e. The van der Waals surface area contributed by atoms with Crippen molar-refractivity contribution in [2.75, 3.05) is 0 Å². The molecule has 7 heterocycles. The SMILES string of the molecule is O=C1c2ccccc2C(=O)N1N1C2C3OC4C5OC(C42)C1C53. The van der Waals surface area contributed by atoms with Crippen LogP contribution in [0.15, 0.2) is 24.3 Å². The average Bonchev–Trinajstić information content (AvgIpc) is 3.26. The molecule has 0 spiro atoms. The zero-order chi connectivity index (χ0) is 14.3. The Bertz CT molecular complexity index is 731. The van der Waals surface area contributed by atoms with E-state index in [4.69, 9.17) is 9.47 Å². The fourth-order valence-electron chi connectivity index (χ4n) is 6.03. The monoisotopic (exact) mass is 296 g/mol. The van der Waals surface area contributed by atoms with Gasteiger partial charge in [-0.25, -0.2) is 5.01 Å². The highest BCUT2D eigenvalue weighted by atomic mass is 16.6. The summed E-state index contributed by atoms with van der Waals surface area (Å²) in [7, 11) is 0. The molecule has 0 aliphatic carbocycles. The highest BCUT2D eigenvalue weighted by Gasteiger charge is 2.84. The number of ether oxygens (including phenoxy) is 2. The number of rotatable bonds is 1. The lowest BCUT2D eigenvalue weighted by atomic mass is 9.71. The summed E-state index contributed by atoms with van der Waals surface area (Å²) in [6.07, 6.45) is 0.629. The molecule has 6 saturated heterocycles. The molecule has 1 aromatic rings. The molecule has 22 heavy (non-hydrogen) atoms. The van der Waals surface area contributed by atoms with Gasteiger partial charge in [0.1, 0.15) is 0 Å². The van der Waals surface area contributed by atoms with E-state index in [1.807, 2.05) is 5.01 Å². The molecule has 7 aliphatic rings. The van der Waals surface area contributed by atoms with Gasteiger partial charge in [0.05, 0.1) is 47.6 Å². The van der Waals surface area contributed by atoms with Gasteiger partial charge >= 0.3 is 0 Å². The molecule has 0 aromatic heterocycles. The lowest BCUT2D eigenvalue weighted by molar-refractivity contribution is -0.0167. The third-order valence-corrected chi connectivity index (χ3v) is 6.55. The summed E-state index contributed by atoms with van der Waals surface area (Å²) in [5.74, 6) is 0.255. The van der Waals surface area contributed by atoms with Crippen LogP contribution in [0.2, 0.25) is 0 Å². The van der Waals surface area contributed by atoms with Crippen LogP contribution in [0.1, 0.15) is 20.7 Å². The van der Waals surface area contributed by atoms with E-state index in [0.717, 1.165) is 0 Å². The van der Waals surface area contributed by atoms with Crippen LogP contribution in [0.3, 0.4) is 0 Å². The summed E-state index contributed by atoms with van der Waals surface area (Å²) in [5, 5.41) is 3.39. The molecule has 0 saturated carbocycles. The van der Waals surface area contributed by atoms with Gasteiger partial charge in [0.25, 0.3) is 11.8 Å². The van der Waals surface area contributed by atoms with E-state index in [1.54, 1.807) is 24.3 Å². The van der Waals surface area contributed by atoms with Crippen molar-refractivity contribution in [1.82, 2.24) is 10.0 Å². The van der Waals surface area contributed by atoms with E-state index in [9.17, 15) is 9.59 Å². The second kappa shape index (κ2) is 2.99. The lowest BCUT2D eigenvalue weighted by Gasteiger charge is -2.30. The number of carbonyl (C=O) groups is 2. The number of carbonyl (C=O) groups excluding carboxylic acids is 2. The lowest BCUT2D eigenvalue weighted by Crippen LogP contribution is -2.50. The number of amides is 2. The molecule has 1 aromatic carbocycles. The van der Waals surface area contributed by atoms with Gasteiger partial charge in [-0.2, -0.15) is 5.01 Å². The van der Waals surface area contributed by atoms with Crippen LogP contribution in [-0.2, 0) is 9.47 Å². The van der Waals surface area contributed by atoms with Crippen molar-refractivity contribution in [1.29, 1.82) is 0 Å². The highest BCUT2D eigenvalue weighted by Crippen LogP contribution is 2.68. The van der Waals surface area contributed by atoms with Gasteiger partial charge in [-0.05, 0) is 12.1 Å². The van der Waals surface area contributed by atoms with E-state index in [-0.39, 0.29) is 48.3 Å². The minimum absolute atomic E-state index is 0.131. The van der Waals surface area contributed by atoms with Crippen LogP contribution in [0.5, 0.6) is 0 Å². The second-order valence-corrected chi connectivity index (χ2v) is 7.11. The first-order valence-electron chi connectivity index (χ1n) is 7.84. The molecule has 6 bridgehead atoms. The van der Waals surface area contributed by atoms with Crippen LogP contribution in [0, 0.1) is 11.8 Å². The molecule has 8 atom stereocenters. The number of hydrazine groups is 1. The Morgan fingerprint density at radius 1 is 0.773 bits per heavy atom. The van der Waals surface area contributed by atoms with Gasteiger partial charge in [-0.15, -0.1) is 0 Å². The van der Waals surface area contributed by atoms with Crippen molar-refractivity contribution >= 4 is 11.8 Å². The quantitative estimate of drug-likeness (QED) is 0.685. The molecule has 110 valence electrons. The third kappa shape index (κ3) is 0.821. The molecule has 8 unspecified atom stereocenters. The van der Waals surface area contributed by atoms with Crippen molar-refractivity contribution in [3.63, 3.8) is 0 Å². The number of hydrogen-bond acceptors (Lipinski definition) is 5. The fraction of sp³-hybridized carbons (Fsp3) is 0.500. The van der Waals surface area contributed by atoms with Crippen molar-refractivity contribution in [2.45, 2.75) is 36.5 Å². The van der Waals surface area contributed by atoms with Gasteiger partial charge in [0.2, 0.25) is 0 Å². The normalized spacial score (nSPS) is 52.1. The highest BCUT2D eigenvalue weighted by molar-refractivity contribution is 6.21. The summed E-state index contributed by atoms with van der Waals surface area (Å²) in [4.78, 5) is 25.5. The number of hydrogen-bond donors (Lipinski definition) is 0. The standard InChI is InChI=1S/C16H12N2O4/c19-15-5-3-1-2-4-6(5)16(20)18(15)17-9-7-11-10(17)8-12(9)22-13(7)14(8)21-11/h1-4,7-14H. The Balaban J connectivity index is 1.39. The van der Waals surface area contributed by atoms with Crippen LogP contribution in [0.4, 0.5) is 0 Å². The molecule has 0 radical (unpaired) electrons. The molecule has 0 N–H and O–H groups in total. The van der Waals surface area contributed by atoms with Gasteiger partial charge in [-0.3, -0.25) is 9.59 Å². The Labute approximate surface area is 125 Å². The summed E-state index contributed by atoms with van der Waals surface area (Å²) < 4.78 is 12.2. The fourth-order valence-corrected chi connectivity index (χ4v) is 6.03. The van der Waals surface area contributed by atoms with Gasteiger partial charge < -0.3 is 9.47 Å².